The fourth-order valence-corrected chi connectivity index (χ4v) is 2.29. The van der Waals surface area contributed by atoms with E-state index in [-0.39, 0.29) is 11.5 Å². The topological polar surface area (TPSA) is 87.1 Å². The van der Waals surface area contributed by atoms with Crippen LogP contribution in [0.1, 0.15) is 23.7 Å². The molecular formula is C15H15ClN4O2S. The maximum absolute atomic E-state index is 11.1. The monoisotopic (exact) mass is 350 g/mol. The van der Waals surface area contributed by atoms with E-state index in [9.17, 15) is 4.79 Å². The van der Waals surface area contributed by atoms with Crippen LogP contribution < -0.4 is 10.6 Å². The highest BCUT2D eigenvalue weighted by atomic mass is 35.5. The maximum Gasteiger partial charge on any atom is 0.305 e. The van der Waals surface area contributed by atoms with Gasteiger partial charge in [0.05, 0.1) is 12.5 Å². The predicted molar refractivity (Wildman–Crippen MR) is 92.6 cm³/mol. The Kier molecular flexibility index (Phi) is 5.84. The molecule has 1 aromatic heterocycles. The Balaban J connectivity index is 2.09. The summed E-state index contributed by atoms with van der Waals surface area (Å²) in [6.07, 6.45) is 1.49. The third-order valence-corrected chi connectivity index (χ3v) is 3.45. The number of aromatic nitrogens is 2. The molecule has 0 saturated carbocycles. The minimum atomic E-state index is -0.938. The number of halogens is 1. The summed E-state index contributed by atoms with van der Waals surface area (Å²) in [5.74, 6) is -0.584. The molecule has 0 spiro atoms. The Bertz CT molecular complexity index is 709. The van der Waals surface area contributed by atoms with Crippen LogP contribution in [-0.2, 0) is 4.79 Å². The zero-order valence-electron chi connectivity index (χ0n) is 12.3. The molecule has 0 bridgehead atoms. The maximum atomic E-state index is 11.1. The van der Waals surface area contributed by atoms with Crippen LogP contribution in [0.4, 0.5) is 5.95 Å². The number of nitrogens with one attached hydrogen (secondary N) is 2. The van der Waals surface area contributed by atoms with Gasteiger partial charge in [0.25, 0.3) is 0 Å². The lowest BCUT2D eigenvalue weighted by Crippen LogP contribution is -2.34. The quantitative estimate of drug-likeness (QED) is 0.714. The molecule has 23 heavy (non-hydrogen) atoms. The van der Waals surface area contributed by atoms with E-state index in [1.54, 1.807) is 36.5 Å². The Morgan fingerprint density at radius 1 is 1.35 bits per heavy atom. The van der Waals surface area contributed by atoms with E-state index >= 15 is 0 Å². The highest BCUT2D eigenvalue weighted by molar-refractivity contribution is 7.80. The molecule has 0 aliphatic rings. The molecule has 3 N–H and O–H groups in total. The number of benzene rings is 1. The summed E-state index contributed by atoms with van der Waals surface area (Å²) < 4.78 is 0. The van der Waals surface area contributed by atoms with E-state index in [0.29, 0.717) is 11.0 Å². The number of rotatable bonds is 5. The van der Waals surface area contributed by atoms with Crippen LogP contribution in [0.25, 0.3) is 0 Å². The number of nitrogens with zero attached hydrogens (tertiary/aromatic N) is 2. The molecule has 0 unspecified atom stereocenters. The smallest absolute Gasteiger partial charge is 0.305 e. The first-order valence-corrected chi connectivity index (χ1v) is 7.57. The van der Waals surface area contributed by atoms with Gasteiger partial charge in [-0.25, -0.2) is 9.97 Å². The number of aliphatic carboxylic acids is 1. The molecular weight excluding hydrogens is 336 g/mol. The fraction of sp³-hybridized carbons (Fsp3) is 0.200. The van der Waals surface area contributed by atoms with Crippen molar-refractivity contribution in [2.24, 2.45) is 0 Å². The molecule has 0 aliphatic heterocycles. The van der Waals surface area contributed by atoms with Crippen molar-refractivity contribution < 1.29 is 9.90 Å². The van der Waals surface area contributed by atoms with E-state index in [1.807, 2.05) is 6.92 Å². The highest BCUT2D eigenvalue weighted by Crippen LogP contribution is 2.19. The molecule has 6 nitrogen and oxygen atoms in total. The molecule has 0 aliphatic carbocycles. The standard InChI is InChI=1S/C15H15ClN4O2S/c1-9-6-7-17-14(18-9)20-15(23)19-12(8-13(21)22)10-2-4-11(16)5-3-10/h2-7,12H,8H2,1H3,(H,21,22)(H2,17,18,19,20,23)/t12-/m1/s1. The summed E-state index contributed by atoms with van der Waals surface area (Å²) in [5.41, 5.74) is 1.57. The van der Waals surface area contributed by atoms with Crippen molar-refractivity contribution >= 4 is 40.8 Å². The molecule has 2 rings (SSSR count). The van der Waals surface area contributed by atoms with Gasteiger partial charge in [-0.2, -0.15) is 0 Å². The number of anilines is 1. The second-order valence-electron chi connectivity index (χ2n) is 4.82. The van der Waals surface area contributed by atoms with Gasteiger partial charge in [-0.15, -0.1) is 0 Å². The van der Waals surface area contributed by atoms with Crippen LogP contribution in [0.15, 0.2) is 36.5 Å². The number of aryl methyl sites for hydroxylation is 1. The van der Waals surface area contributed by atoms with Gasteiger partial charge in [-0.05, 0) is 42.9 Å². The molecule has 1 atom stereocenters. The van der Waals surface area contributed by atoms with Crippen LogP contribution in [-0.4, -0.2) is 26.2 Å². The summed E-state index contributed by atoms with van der Waals surface area (Å²) >= 11 is 11.1. The number of hydrogen-bond acceptors (Lipinski definition) is 4. The lowest BCUT2D eigenvalue weighted by Gasteiger charge is -2.19. The van der Waals surface area contributed by atoms with E-state index in [2.05, 4.69) is 20.6 Å². The van der Waals surface area contributed by atoms with Crippen molar-refractivity contribution in [1.82, 2.24) is 15.3 Å². The average Bonchev–Trinajstić information content (AvgIpc) is 2.46. The summed E-state index contributed by atoms with van der Waals surface area (Å²) in [6, 6.07) is 8.20. The minimum absolute atomic E-state index is 0.127. The Labute approximate surface area is 143 Å². The first-order chi connectivity index (χ1) is 10.9. The highest BCUT2D eigenvalue weighted by Gasteiger charge is 2.17. The average molecular weight is 351 g/mol. The van der Waals surface area contributed by atoms with Crippen LogP contribution in [0.5, 0.6) is 0 Å². The van der Waals surface area contributed by atoms with E-state index in [0.717, 1.165) is 11.3 Å². The Morgan fingerprint density at radius 3 is 2.65 bits per heavy atom. The minimum Gasteiger partial charge on any atom is -0.481 e. The molecule has 0 saturated heterocycles. The van der Waals surface area contributed by atoms with Crippen molar-refractivity contribution in [2.45, 2.75) is 19.4 Å². The third kappa shape index (κ3) is 5.46. The lowest BCUT2D eigenvalue weighted by molar-refractivity contribution is -0.137. The molecule has 1 aromatic carbocycles. The Hall–Kier alpha value is -2.25. The molecule has 0 radical (unpaired) electrons. The first kappa shape index (κ1) is 17.1. The molecule has 8 heteroatoms. The molecule has 0 fully saturated rings. The van der Waals surface area contributed by atoms with Gasteiger partial charge in [-0.1, -0.05) is 23.7 Å². The summed E-state index contributed by atoms with van der Waals surface area (Å²) in [5, 5.41) is 15.7. The fourth-order valence-electron chi connectivity index (χ4n) is 1.93. The first-order valence-electron chi connectivity index (χ1n) is 6.78. The molecule has 120 valence electrons. The predicted octanol–water partition coefficient (Wildman–Crippen LogP) is 2.94. The number of thiocarbonyl (C=S) groups is 1. The summed E-state index contributed by atoms with van der Waals surface area (Å²) in [7, 11) is 0. The molecule has 1 heterocycles. The van der Waals surface area contributed by atoms with Gasteiger partial charge in [0, 0.05) is 16.9 Å². The van der Waals surface area contributed by atoms with E-state index in [4.69, 9.17) is 28.9 Å². The molecule has 0 amide bonds. The van der Waals surface area contributed by atoms with E-state index < -0.39 is 12.0 Å². The summed E-state index contributed by atoms with van der Waals surface area (Å²) in [4.78, 5) is 19.3. The zero-order chi connectivity index (χ0) is 16.8. The second-order valence-corrected chi connectivity index (χ2v) is 5.67. The second kappa shape index (κ2) is 7.85. The van der Waals surface area contributed by atoms with Gasteiger partial charge in [0.1, 0.15) is 0 Å². The van der Waals surface area contributed by atoms with Gasteiger partial charge in [0.15, 0.2) is 5.11 Å². The number of carboxylic acid groups (broad SMARTS) is 1. The van der Waals surface area contributed by atoms with Crippen LogP contribution in [0, 0.1) is 6.92 Å². The number of carbonyl (C=O) groups is 1. The Morgan fingerprint density at radius 2 is 2.04 bits per heavy atom. The number of hydrogen-bond donors (Lipinski definition) is 3. The van der Waals surface area contributed by atoms with Gasteiger partial charge in [0.2, 0.25) is 5.95 Å². The third-order valence-electron chi connectivity index (χ3n) is 2.98. The van der Waals surface area contributed by atoms with Gasteiger partial charge >= 0.3 is 5.97 Å². The van der Waals surface area contributed by atoms with Crippen molar-refractivity contribution in [3.05, 3.63) is 52.8 Å². The zero-order valence-corrected chi connectivity index (χ0v) is 13.9. The van der Waals surface area contributed by atoms with Gasteiger partial charge in [-0.3, -0.25) is 4.79 Å². The lowest BCUT2D eigenvalue weighted by atomic mass is 10.0. The van der Waals surface area contributed by atoms with E-state index in [1.165, 1.54) is 0 Å². The van der Waals surface area contributed by atoms with Crippen molar-refractivity contribution in [3.8, 4) is 0 Å². The number of carboxylic acids is 1. The summed E-state index contributed by atoms with van der Waals surface area (Å²) in [6.45, 7) is 1.84. The van der Waals surface area contributed by atoms with Crippen LogP contribution in [0.3, 0.4) is 0 Å². The SMILES string of the molecule is Cc1ccnc(NC(=S)N[C@H](CC(=O)O)c2ccc(Cl)cc2)n1. The van der Waals surface area contributed by atoms with Crippen LogP contribution in [0.2, 0.25) is 5.02 Å². The largest absolute Gasteiger partial charge is 0.481 e. The van der Waals surface area contributed by atoms with Crippen LogP contribution >= 0.6 is 23.8 Å². The molecule has 2 aromatic rings. The van der Waals surface area contributed by atoms with Crippen molar-refractivity contribution in [2.75, 3.05) is 5.32 Å². The van der Waals surface area contributed by atoms with Crippen molar-refractivity contribution in [3.63, 3.8) is 0 Å². The normalized spacial score (nSPS) is 11.6. The van der Waals surface area contributed by atoms with Crippen molar-refractivity contribution in [1.29, 1.82) is 0 Å². The van der Waals surface area contributed by atoms with Gasteiger partial charge < -0.3 is 15.7 Å².